The van der Waals surface area contributed by atoms with E-state index in [0.29, 0.717) is 5.02 Å². The van der Waals surface area contributed by atoms with Gasteiger partial charge in [0, 0.05) is 11.1 Å². The molecule has 0 fully saturated rings. The minimum Gasteiger partial charge on any atom is -0.507 e. The Morgan fingerprint density at radius 3 is 2.67 bits per heavy atom. The standard InChI is InChI=1S/C17H17ClN2O/c1-10(2)20-15-9-12(18)7-8-14(15)19-17(20)13-6-4-5-11(3)16(13)21/h4-10,21H,1-3H3. The molecule has 1 aromatic heterocycles. The Balaban J connectivity index is 2.37. The maximum atomic E-state index is 10.4. The summed E-state index contributed by atoms with van der Waals surface area (Å²) < 4.78 is 2.11. The third-order valence-electron chi connectivity index (χ3n) is 3.65. The Hall–Kier alpha value is -2.00. The first kappa shape index (κ1) is 14.0. The second kappa shape index (κ2) is 5.08. The summed E-state index contributed by atoms with van der Waals surface area (Å²) in [5.74, 6) is 1.05. The van der Waals surface area contributed by atoms with Crippen LogP contribution < -0.4 is 0 Å². The Morgan fingerprint density at radius 1 is 1.19 bits per heavy atom. The van der Waals surface area contributed by atoms with Gasteiger partial charge in [-0.2, -0.15) is 0 Å². The molecule has 0 spiro atoms. The second-order valence-corrected chi connectivity index (χ2v) is 5.94. The van der Waals surface area contributed by atoms with Crippen LogP contribution in [-0.4, -0.2) is 14.7 Å². The number of nitrogens with zero attached hydrogens (tertiary/aromatic N) is 2. The van der Waals surface area contributed by atoms with Crippen LogP contribution in [0.25, 0.3) is 22.4 Å². The summed E-state index contributed by atoms with van der Waals surface area (Å²) in [4.78, 5) is 4.69. The fraction of sp³-hybridized carbons (Fsp3) is 0.235. The molecule has 0 aliphatic carbocycles. The van der Waals surface area contributed by atoms with Gasteiger partial charge in [0.15, 0.2) is 0 Å². The Bertz CT molecular complexity index is 821. The quantitative estimate of drug-likeness (QED) is 0.727. The highest BCUT2D eigenvalue weighted by Gasteiger charge is 2.18. The molecule has 0 saturated heterocycles. The average Bonchev–Trinajstić information content (AvgIpc) is 2.80. The number of halogens is 1. The first-order valence-corrected chi connectivity index (χ1v) is 7.33. The fourth-order valence-electron chi connectivity index (χ4n) is 2.62. The van der Waals surface area contributed by atoms with Crippen molar-refractivity contribution in [2.45, 2.75) is 26.8 Å². The zero-order chi connectivity index (χ0) is 15.1. The van der Waals surface area contributed by atoms with Gasteiger partial charge < -0.3 is 9.67 Å². The van der Waals surface area contributed by atoms with E-state index < -0.39 is 0 Å². The molecular formula is C17H17ClN2O. The van der Waals surface area contributed by atoms with E-state index in [4.69, 9.17) is 16.6 Å². The molecule has 0 radical (unpaired) electrons. The maximum Gasteiger partial charge on any atom is 0.145 e. The van der Waals surface area contributed by atoms with E-state index in [1.165, 1.54) is 0 Å². The third-order valence-corrected chi connectivity index (χ3v) is 3.88. The number of aryl methyl sites for hydroxylation is 1. The molecule has 1 heterocycles. The summed E-state index contributed by atoms with van der Waals surface area (Å²) in [6.07, 6.45) is 0. The van der Waals surface area contributed by atoms with Gasteiger partial charge in [-0.25, -0.2) is 4.98 Å². The highest BCUT2D eigenvalue weighted by molar-refractivity contribution is 6.31. The molecule has 0 aliphatic heterocycles. The van der Waals surface area contributed by atoms with Crippen molar-refractivity contribution in [2.24, 2.45) is 0 Å². The van der Waals surface area contributed by atoms with Crippen molar-refractivity contribution in [3.63, 3.8) is 0 Å². The van der Waals surface area contributed by atoms with Crippen LogP contribution >= 0.6 is 11.6 Å². The van der Waals surface area contributed by atoms with Gasteiger partial charge in [0.2, 0.25) is 0 Å². The lowest BCUT2D eigenvalue weighted by Gasteiger charge is -2.14. The highest BCUT2D eigenvalue weighted by atomic mass is 35.5. The van der Waals surface area contributed by atoms with E-state index in [0.717, 1.165) is 28.0 Å². The predicted octanol–water partition coefficient (Wildman–Crippen LogP) is 4.95. The van der Waals surface area contributed by atoms with Gasteiger partial charge in [0.25, 0.3) is 0 Å². The van der Waals surface area contributed by atoms with Gasteiger partial charge in [-0.15, -0.1) is 0 Å². The zero-order valence-electron chi connectivity index (χ0n) is 12.3. The van der Waals surface area contributed by atoms with Crippen LogP contribution in [-0.2, 0) is 0 Å². The van der Waals surface area contributed by atoms with E-state index in [2.05, 4.69) is 18.4 Å². The topological polar surface area (TPSA) is 38.0 Å². The second-order valence-electron chi connectivity index (χ2n) is 5.50. The zero-order valence-corrected chi connectivity index (χ0v) is 13.0. The molecule has 0 bridgehead atoms. The van der Waals surface area contributed by atoms with Crippen molar-refractivity contribution >= 4 is 22.6 Å². The van der Waals surface area contributed by atoms with Crippen LogP contribution in [0.4, 0.5) is 0 Å². The molecule has 3 nitrogen and oxygen atoms in total. The number of rotatable bonds is 2. The number of hydrogen-bond acceptors (Lipinski definition) is 2. The van der Waals surface area contributed by atoms with Crippen molar-refractivity contribution in [3.05, 3.63) is 47.0 Å². The molecule has 0 amide bonds. The molecule has 21 heavy (non-hydrogen) atoms. The summed E-state index contributed by atoms with van der Waals surface area (Å²) >= 11 is 6.12. The van der Waals surface area contributed by atoms with Crippen LogP contribution in [0.15, 0.2) is 36.4 Å². The average molecular weight is 301 g/mol. The summed E-state index contributed by atoms with van der Waals surface area (Å²) in [7, 11) is 0. The highest BCUT2D eigenvalue weighted by Crippen LogP contribution is 2.35. The molecule has 4 heteroatoms. The molecule has 108 valence electrons. The van der Waals surface area contributed by atoms with E-state index in [9.17, 15) is 5.11 Å². The lowest BCUT2D eigenvalue weighted by atomic mass is 10.1. The predicted molar refractivity (Wildman–Crippen MR) is 87.0 cm³/mol. The van der Waals surface area contributed by atoms with Gasteiger partial charge in [-0.05, 0) is 50.6 Å². The Morgan fingerprint density at radius 2 is 1.95 bits per heavy atom. The minimum atomic E-state index is 0.211. The lowest BCUT2D eigenvalue weighted by molar-refractivity contribution is 0.472. The molecule has 2 aromatic carbocycles. The fourth-order valence-corrected chi connectivity index (χ4v) is 2.78. The molecule has 3 aromatic rings. The van der Waals surface area contributed by atoms with Gasteiger partial charge in [-0.3, -0.25) is 0 Å². The SMILES string of the molecule is Cc1cccc(-c2nc3ccc(Cl)cc3n2C(C)C)c1O. The molecule has 1 N–H and O–H groups in total. The van der Waals surface area contributed by atoms with Crippen molar-refractivity contribution in [2.75, 3.05) is 0 Å². The van der Waals surface area contributed by atoms with Crippen molar-refractivity contribution < 1.29 is 5.11 Å². The van der Waals surface area contributed by atoms with E-state index in [1.807, 2.05) is 43.3 Å². The van der Waals surface area contributed by atoms with E-state index >= 15 is 0 Å². The normalized spacial score (nSPS) is 11.5. The minimum absolute atomic E-state index is 0.211. The molecule has 0 unspecified atom stereocenters. The van der Waals surface area contributed by atoms with Crippen LogP contribution in [0, 0.1) is 6.92 Å². The van der Waals surface area contributed by atoms with Crippen LogP contribution in [0.3, 0.4) is 0 Å². The summed E-state index contributed by atoms with van der Waals surface area (Å²) in [6.45, 7) is 6.08. The number of fused-ring (bicyclic) bond motifs is 1. The monoisotopic (exact) mass is 300 g/mol. The van der Waals surface area contributed by atoms with Crippen LogP contribution in [0.2, 0.25) is 5.02 Å². The van der Waals surface area contributed by atoms with Gasteiger partial charge in [0.1, 0.15) is 11.6 Å². The van der Waals surface area contributed by atoms with Gasteiger partial charge in [0.05, 0.1) is 16.6 Å². The molecule has 0 atom stereocenters. The van der Waals surface area contributed by atoms with Crippen molar-refractivity contribution in [1.29, 1.82) is 0 Å². The molecule has 0 aliphatic rings. The third kappa shape index (κ3) is 2.28. The van der Waals surface area contributed by atoms with Gasteiger partial charge >= 0.3 is 0 Å². The van der Waals surface area contributed by atoms with Crippen molar-refractivity contribution in [3.8, 4) is 17.1 Å². The number of imidazole rings is 1. The first-order valence-electron chi connectivity index (χ1n) is 6.95. The van der Waals surface area contributed by atoms with Crippen LogP contribution in [0.5, 0.6) is 5.75 Å². The summed E-state index contributed by atoms with van der Waals surface area (Å²) in [5.41, 5.74) is 3.45. The number of para-hydroxylation sites is 1. The number of phenols is 1. The largest absolute Gasteiger partial charge is 0.507 e. The Labute approximate surface area is 128 Å². The lowest BCUT2D eigenvalue weighted by Crippen LogP contribution is -2.03. The number of aromatic hydroxyl groups is 1. The van der Waals surface area contributed by atoms with E-state index in [1.54, 1.807) is 0 Å². The molecule has 3 rings (SSSR count). The van der Waals surface area contributed by atoms with Gasteiger partial charge in [-0.1, -0.05) is 23.7 Å². The van der Waals surface area contributed by atoms with Crippen molar-refractivity contribution in [1.82, 2.24) is 9.55 Å². The molecule has 0 saturated carbocycles. The number of phenolic OH excluding ortho intramolecular Hbond substituents is 1. The summed E-state index contributed by atoms with van der Waals surface area (Å²) in [5, 5.41) is 11.0. The van der Waals surface area contributed by atoms with Crippen LogP contribution in [0.1, 0.15) is 25.5 Å². The summed E-state index contributed by atoms with van der Waals surface area (Å²) in [6, 6.07) is 11.6. The maximum absolute atomic E-state index is 10.4. The van der Waals surface area contributed by atoms with E-state index in [-0.39, 0.29) is 11.8 Å². The number of aromatic nitrogens is 2. The number of hydrogen-bond donors (Lipinski definition) is 1. The number of benzene rings is 2. The molecular weight excluding hydrogens is 284 g/mol. The first-order chi connectivity index (χ1) is 9.99. The Kier molecular flexibility index (Phi) is 3.38. The smallest absolute Gasteiger partial charge is 0.145 e.